The highest BCUT2D eigenvalue weighted by Crippen LogP contribution is 2.38. The molecule has 2 aliphatic rings. The number of halogens is 2. The number of rotatable bonds is 1. The highest BCUT2D eigenvalue weighted by molar-refractivity contribution is 6.42. The molecular weight excluding hydrogens is 281 g/mol. The first kappa shape index (κ1) is 13.7. The smallest absolute Gasteiger partial charge is 0.0957 e. The Balaban J connectivity index is 1.78. The van der Waals surface area contributed by atoms with Gasteiger partial charge in [0.2, 0.25) is 0 Å². The van der Waals surface area contributed by atoms with Gasteiger partial charge < -0.3 is 10.1 Å². The number of morpholine rings is 1. The number of nitrogens with one attached hydrogen (secondary N) is 1. The predicted molar refractivity (Wildman–Crippen MR) is 79.0 cm³/mol. The number of benzene rings is 1. The van der Waals surface area contributed by atoms with E-state index in [-0.39, 0.29) is 11.7 Å². The fourth-order valence-corrected chi connectivity index (χ4v) is 3.51. The summed E-state index contributed by atoms with van der Waals surface area (Å²) in [5.41, 5.74) is 1.15. The SMILES string of the molecule is Clc1ccc(C2CNCC3(CCCCC3)O2)cc1Cl. The Morgan fingerprint density at radius 2 is 1.89 bits per heavy atom. The molecule has 1 atom stereocenters. The van der Waals surface area contributed by atoms with Crippen LogP contribution in [0.3, 0.4) is 0 Å². The molecule has 1 aromatic rings. The lowest BCUT2D eigenvalue weighted by Gasteiger charge is -2.44. The summed E-state index contributed by atoms with van der Waals surface area (Å²) in [6.45, 7) is 1.82. The van der Waals surface area contributed by atoms with Gasteiger partial charge in [0, 0.05) is 13.1 Å². The second-order valence-electron chi connectivity index (χ2n) is 5.65. The standard InChI is InChI=1S/C15H19Cl2NO/c16-12-5-4-11(8-13(12)17)14-9-18-10-15(19-14)6-2-1-3-7-15/h4-5,8,14,18H,1-3,6-7,9-10H2. The van der Waals surface area contributed by atoms with Gasteiger partial charge in [-0.15, -0.1) is 0 Å². The van der Waals surface area contributed by atoms with Crippen molar-refractivity contribution >= 4 is 23.2 Å². The largest absolute Gasteiger partial charge is 0.364 e. The first-order valence-electron chi connectivity index (χ1n) is 7.02. The fourth-order valence-electron chi connectivity index (χ4n) is 3.21. The molecular formula is C15H19Cl2NO. The monoisotopic (exact) mass is 299 g/mol. The molecule has 4 heteroatoms. The van der Waals surface area contributed by atoms with E-state index >= 15 is 0 Å². The van der Waals surface area contributed by atoms with Crippen LogP contribution in [0, 0.1) is 0 Å². The van der Waals surface area contributed by atoms with Crippen molar-refractivity contribution in [2.24, 2.45) is 0 Å². The van der Waals surface area contributed by atoms with Crippen LogP contribution in [-0.4, -0.2) is 18.7 Å². The molecule has 3 rings (SSSR count). The molecule has 1 aliphatic carbocycles. The molecule has 1 N–H and O–H groups in total. The van der Waals surface area contributed by atoms with Gasteiger partial charge in [0.25, 0.3) is 0 Å². The van der Waals surface area contributed by atoms with Gasteiger partial charge in [-0.05, 0) is 30.5 Å². The number of ether oxygens (including phenoxy) is 1. The van der Waals surface area contributed by atoms with Crippen LogP contribution in [0.4, 0.5) is 0 Å². The molecule has 0 aromatic heterocycles. The molecule has 2 nitrogen and oxygen atoms in total. The Morgan fingerprint density at radius 1 is 1.11 bits per heavy atom. The molecule has 1 aliphatic heterocycles. The van der Waals surface area contributed by atoms with E-state index in [9.17, 15) is 0 Å². The summed E-state index contributed by atoms with van der Waals surface area (Å²) >= 11 is 12.1. The van der Waals surface area contributed by atoms with Crippen LogP contribution in [0.15, 0.2) is 18.2 Å². The molecule has 0 radical (unpaired) electrons. The van der Waals surface area contributed by atoms with Crippen LogP contribution in [0.25, 0.3) is 0 Å². The van der Waals surface area contributed by atoms with Crippen molar-refractivity contribution in [1.29, 1.82) is 0 Å². The molecule has 1 saturated heterocycles. The first-order chi connectivity index (χ1) is 9.19. The van der Waals surface area contributed by atoms with E-state index in [4.69, 9.17) is 27.9 Å². The number of hydrogen-bond acceptors (Lipinski definition) is 2. The maximum absolute atomic E-state index is 6.43. The van der Waals surface area contributed by atoms with Crippen molar-refractivity contribution in [3.63, 3.8) is 0 Å². The molecule has 1 saturated carbocycles. The lowest BCUT2D eigenvalue weighted by molar-refractivity contribution is -0.135. The Bertz CT molecular complexity index is 452. The molecule has 1 unspecified atom stereocenters. The molecule has 1 aromatic carbocycles. The zero-order valence-corrected chi connectivity index (χ0v) is 12.4. The third-order valence-corrected chi connectivity index (χ3v) is 4.99. The number of hydrogen-bond donors (Lipinski definition) is 1. The van der Waals surface area contributed by atoms with E-state index in [0.29, 0.717) is 10.0 Å². The molecule has 104 valence electrons. The Kier molecular flexibility index (Phi) is 4.04. The average Bonchev–Trinajstić information content (AvgIpc) is 2.43. The van der Waals surface area contributed by atoms with E-state index in [1.807, 2.05) is 18.2 Å². The highest BCUT2D eigenvalue weighted by atomic mass is 35.5. The molecule has 19 heavy (non-hydrogen) atoms. The third-order valence-electron chi connectivity index (χ3n) is 4.25. The zero-order valence-electron chi connectivity index (χ0n) is 10.9. The van der Waals surface area contributed by atoms with Crippen molar-refractivity contribution in [2.45, 2.75) is 43.8 Å². The van der Waals surface area contributed by atoms with Crippen molar-refractivity contribution in [1.82, 2.24) is 5.32 Å². The van der Waals surface area contributed by atoms with Gasteiger partial charge >= 0.3 is 0 Å². The van der Waals surface area contributed by atoms with Crippen molar-refractivity contribution < 1.29 is 4.74 Å². The maximum atomic E-state index is 6.43. The third kappa shape index (κ3) is 2.92. The van der Waals surface area contributed by atoms with E-state index in [1.54, 1.807) is 0 Å². The van der Waals surface area contributed by atoms with E-state index < -0.39 is 0 Å². The van der Waals surface area contributed by atoms with Gasteiger partial charge in [-0.3, -0.25) is 0 Å². The highest BCUT2D eigenvalue weighted by Gasteiger charge is 2.38. The quantitative estimate of drug-likeness (QED) is 0.832. The minimum Gasteiger partial charge on any atom is -0.364 e. The summed E-state index contributed by atoms with van der Waals surface area (Å²) in [5, 5.41) is 4.73. The Labute approximate surface area is 124 Å². The van der Waals surface area contributed by atoms with Crippen LogP contribution in [0.2, 0.25) is 10.0 Å². The Hall–Kier alpha value is -0.280. The van der Waals surface area contributed by atoms with E-state index in [0.717, 1.165) is 31.5 Å². The second-order valence-corrected chi connectivity index (χ2v) is 6.47. The minimum atomic E-state index is 0.0350. The van der Waals surface area contributed by atoms with Gasteiger partial charge in [-0.2, -0.15) is 0 Å². The van der Waals surface area contributed by atoms with Crippen LogP contribution in [0.1, 0.15) is 43.8 Å². The lowest BCUT2D eigenvalue weighted by atomic mass is 9.83. The Morgan fingerprint density at radius 3 is 2.63 bits per heavy atom. The fraction of sp³-hybridized carbons (Fsp3) is 0.600. The molecule has 0 bridgehead atoms. The minimum absolute atomic E-state index is 0.0350. The zero-order chi connectivity index (χ0) is 13.3. The summed E-state index contributed by atoms with van der Waals surface area (Å²) in [4.78, 5) is 0. The van der Waals surface area contributed by atoms with Crippen molar-refractivity contribution in [3.8, 4) is 0 Å². The summed E-state index contributed by atoms with van der Waals surface area (Å²) in [6, 6.07) is 5.80. The van der Waals surface area contributed by atoms with Crippen molar-refractivity contribution in [2.75, 3.05) is 13.1 Å². The maximum Gasteiger partial charge on any atom is 0.0957 e. The van der Waals surface area contributed by atoms with Gasteiger partial charge in [0.15, 0.2) is 0 Å². The van der Waals surface area contributed by atoms with E-state index in [2.05, 4.69) is 5.32 Å². The lowest BCUT2D eigenvalue weighted by Crippen LogP contribution is -2.51. The summed E-state index contributed by atoms with van der Waals surface area (Å²) < 4.78 is 6.43. The molecule has 2 fully saturated rings. The summed E-state index contributed by atoms with van der Waals surface area (Å²) in [6.07, 6.45) is 6.30. The van der Waals surface area contributed by atoms with Gasteiger partial charge in [-0.25, -0.2) is 0 Å². The predicted octanol–water partition coefficient (Wildman–Crippen LogP) is 4.36. The van der Waals surface area contributed by atoms with Crippen molar-refractivity contribution in [3.05, 3.63) is 33.8 Å². The second kappa shape index (κ2) is 5.61. The van der Waals surface area contributed by atoms with Crippen LogP contribution < -0.4 is 5.32 Å². The van der Waals surface area contributed by atoms with Crippen LogP contribution in [0.5, 0.6) is 0 Å². The summed E-state index contributed by atoms with van der Waals surface area (Å²) in [7, 11) is 0. The van der Waals surface area contributed by atoms with Gasteiger partial charge in [0.1, 0.15) is 0 Å². The average molecular weight is 300 g/mol. The topological polar surface area (TPSA) is 21.3 Å². The summed E-state index contributed by atoms with van der Waals surface area (Å²) in [5.74, 6) is 0. The molecule has 1 spiro atoms. The van der Waals surface area contributed by atoms with Gasteiger partial charge in [-0.1, -0.05) is 48.5 Å². The molecule has 0 amide bonds. The van der Waals surface area contributed by atoms with E-state index in [1.165, 1.54) is 19.3 Å². The first-order valence-corrected chi connectivity index (χ1v) is 7.78. The van der Waals surface area contributed by atoms with Crippen LogP contribution >= 0.6 is 23.2 Å². The normalized spacial score (nSPS) is 26.5. The molecule has 1 heterocycles. The van der Waals surface area contributed by atoms with Gasteiger partial charge in [0.05, 0.1) is 21.8 Å². The van der Waals surface area contributed by atoms with Crippen LogP contribution in [-0.2, 0) is 4.74 Å².